The van der Waals surface area contributed by atoms with Gasteiger partial charge in [-0.15, -0.1) is 0 Å². The van der Waals surface area contributed by atoms with E-state index in [1.807, 2.05) is 0 Å². The molecule has 0 aliphatic carbocycles. The maximum atomic E-state index is 12.0. The van der Waals surface area contributed by atoms with Crippen LogP contribution in [-0.2, 0) is 4.79 Å². The fourth-order valence-electron chi connectivity index (χ4n) is 2.21. The number of hydrogen-bond acceptors (Lipinski definition) is 2. The molecule has 1 saturated heterocycles. The van der Waals surface area contributed by atoms with E-state index in [0.717, 1.165) is 12.8 Å². The maximum Gasteiger partial charge on any atom is 0.246 e. The highest BCUT2D eigenvalue weighted by molar-refractivity contribution is 6.34. The Labute approximate surface area is 122 Å². The Hall–Kier alpha value is -1.03. The van der Waals surface area contributed by atoms with Gasteiger partial charge in [0.1, 0.15) is 0 Å². The minimum Gasteiger partial charge on any atom is -0.394 e. The Morgan fingerprint density at radius 3 is 3.00 bits per heavy atom. The first-order valence-corrected chi connectivity index (χ1v) is 6.92. The second-order valence-corrected chi connectivity index (χ2v) is 5.35. The number of likely N-dealkylation sites (tertiary alicyclic amines) is 1. The minimum atomic E-state index is -0.104. The van der Waals surface area contributed by atoms with E-state index < -0.39 is 0 Å². The van der Waals surface area contributed by atoms with Gasteiger partial charge in [-0.05, 0) is 42.7 Å². The van der Waals surface area contributed by atoms with Gasteiger partial charge in [0.15, 0.2) is 0 Å². The largest absolute Gasteiger partial charge is 0.394 e. The van der Waals surface area contributed by atoms with Gasteiger partial charge in [0.25, 0.3) is 0 Å². The molecule has 1 fully saturated rings. The maximum absolute atomic E-state index is 12.0. The van der Waals surface area contributed by atoms with Crippen LogP contribution in [0.3, 0.4) is 0 Å². The molecule has 1 amide bonds. The first-order chi connectivity index (χ1) is 9.11. The quantitative estimate of drug-likeness (QED) is 0.872. The lowest BCUT2D eigenvalue weighted by Crippen LogP contribution is -2.36. The van der Waals surface area contributed by atoms with E-state index in [4.69, 9.17) is 23.2 Å². The zero-order valence-corrected chi connectivity index (χ0v) is 11.9. The number of aliphatic hydroxyl groups is 1. The highest BCUT2D eigenvalue weighted by Crippen LogP contribution is 2.22. The van der Waals surface area contributed by atoms with Crippen molar-refractivity contribution in [3.8, 4) is 0 Å². The van der Waals surface area contributed by atoms with E-state index in [1.165, 1.54) is 6.08 Å². The lowest BCUT2D eigenvalue weighted by Gasteiger charge is -2.21. The smallest absolute Gasteiger partial charge is 0.246 e. The van der Waals surface area contributed by atoms with Crippen LogP contribution in [-0.4, -0.2) is 35.1 Å². The van der Waals surface area contributed by atoms with Crippen LogP contribution in [0.1, 0.15) is 18.4 Å². The second kappa shape index (κ2) is 6.42. The molecule has 1 aliphatic heterocycles. The summed E-state index contributed by atoms with van der Waals surface area (Å²) in [6, 6.07) is 5.04. The Bertz CT molecular complexity index is 502. The van der Waals surface area contributed by atoms with Crippen LogP contribution in [0.25, 0.3) is 6.08 Å². The summed E-state index contributed by atoms with van der Waals surface area (Å²) in [5.41, 5.74) is 0.710. The van der Waals surface area contributed by atoms with Gasteiger partial charge in [0.05, 0.1) is 12.6 Å². The van der Waals surface area contributed by atoms with Gasteiger partial charge >= 0.3 is 0 Å². The average molecular weight is 300 g/mol. The molecule has 5 heteroatoms. The van der Waals surface area contributed by atoms with Crippen LogP contribution in [0, 0.1) is 0 Å². The molecule has 1 unspecified atom stereocenters. The normalized spacial score (nSPS) is 19.3. The molecule has 19 heavy (non-hydrogen) atoms. The fourth-order valence-corrected chi connectivity index (χ4v) is 2.58. The molecule has 0 radical (unpaired) electrons. The molecular formula is C14H15Cl2NO2. The Balaban J connectivity index is 2.09. The van der Waals surface area contributed by atoms with E-state index >= 15 is 0 Å². The SMILES string of the molecule is O=C(/C=C/c1cc(Cl)ccc1Cl)N1CCCC1CO. The highest BCUT2D eigenvalue weighted by Gasteiger charge is 2.26. The highest BCUT2D eigenvalue weighted by atomic mass is 35.5. The van der Waals surface area contributed by atoms with Crippen LogP contribution < -0.4 is 0 Å². The molecule has 3 nitrogen and oxygen atoms in total. The summed E-state index contributed by atoms with van der Waals surface area (Å²) in [6.45, 7) is 0.704. The molecule has 0 aromatic heterocycles. The summed E-state index contributed by atoms with van der Waals surface area (Å²) in [6.07, 6.45) is 4.92. The third-order valence-corrected chi connectivity index (χ3v) is 3.81. The molecule has 1 atom stereocenters. The first-order valence-electron chi connectivity index (χ1n) is 6.16. The molecule has 2 rings (SSSR count). The molecule has 0 saturated carbocycles. The monoisotopic (exact) mass is 299 g/mol. The summed E-state index contributed by atoms with van der Waals surface area (Å²) in [4.78, 5) is 13.7. The van der Waals surface area contributed by atoms with Gasteiger partial charge in [-0.1, -0.05) is 23.2 Å². The topological polar surface area (TPSA) is 40.5 Å². The van der Waals surface area contributed by atoms with Crippen molar-refractivity contribution < 1.29 is 9.90 Å². The molecule has 1 heterocycles. The number of amides is 1. The predicted octanol–water partition coefficient (Wildman–Crippen LogP) is 2.99. The average Bonchev–Trinajstić information content (AvgIpc) is 2.88. The minimum absolute atomic E-state index is 0.0114. The van der Waals surface area contributed by atoms with Gasteiger partial charge in [-0.2, -0.15) is 0 Å². The van der Waals surface area contributed by atoms with Crippen molar-refractivity contribution >= 4 is 35.2 Å². The molecule has 0 spiro atoms. The van der Waals surface area contributed by atoms with Crippen LogP contribution >= 0.6 is 23.2 Å². The predicted molar refractivity (Wildman–Crippen MR) is 77.3 cm³/mol. The number of nitrogens with zero attached hydrogens (tertiary/aromatic N) is 1. The zero-order valence-electron chi connectivity index (χ0n) is 10.4. The Morgan fingerprint density at radius 1 is 1.47 bits per heavy atom. The van der Waals surface area contributed by atoms with Crippen molar-refractivity contribution in [1.29, 1.82) is 0 Å². The van der Waals surface area contributed by atoms with Crippen molar-refractivity contribution in [2.45, 2.75) is 18.9 Å². The van der Waals surface area contributed by atoms with E-state index in [9.17, 15) is 9.90 Å². The summed E-state index contributed by atoms with van der Waals surface area (Å²) >= 11 is 11.9. The number of halogens is 2. The van der Waals surface area contributed by atoms with E-state index in [1.54, 1.807) is 29.2 Å². The summed E-state index contributed by atoms with van der Waals surface area (Å²) in [5.74, 6) is -0.104. The molecule has 1 aromatic carbocycles. The lowest BCUT2D eigenvalue weighted by molar-refractivity contribution is -0.127. The van der Waals surface area contributed by atoms with E-state index in [0.29, 0.717) is 22.2 Å². The summed E-state index contributed by atoms with van der Waals surface area (Å²) in [5, 5.41) is 10.3. The van der Waals surface area contributed by atoms with Gasteiger partial charge in [0.2, 0.25) is 5.91 Å². The molecule has 0 bridgehead atoms. The summed E-state index contributed by atoms with van der Waals surface area (Å²) in [7, 11) is 0. The van der Waals surface area contributed by atoms with E-state index in [-0.39, 0.29) is 18.6 Å². The van der Waals surface area contributed by atoms with Crippen molar-refractivity contribution in [2.24, 2.45) is 0 Å². The number of aliphatic hydroxyl groups excluding tert-OH is 1. The standard InChI is InChI=1S/C14H15Cl2NO2/c15-11-4-5-13(16)10(8-11)3-6-14(19)17-7-1-2-12(17)9-18/h3-6,8,12,18H,1-2,7,9H2/b6-3+. The molecule has 102 valence electrons. The second-order valence-electron chi connectivity index (χ2n) is 4.51. The van der Waals surface area contributed by atoms with Gasteiger partial charge in [-0.25, -0.2) is 0 Å². The molecule has 1 aromatic rings. The van der Waals surface area contributed by atoms with Gasteiger partial charge in [0, 0.05) is 22.7 Å². The Morgan fingerprint density at radius 2 is 2.26 bits per heavy atom. The molecule has 1 N–H and O–H groups in total. The number of benzene rings is 1. The zero-order chi connectivity index (χ0) is 13.8. The van der Waals surface area contributed by atoms with Crippen LogP contribution in [0.5, 0.6) is 0 Å². The Kier molecular flexibility index (Phi) is 4.86. The van der Waals surface area contributed by atoms with Crippen molar-refractivity contribution in [3.63, 3.8) is 0 Å². The summed E-state index contributed by atoms with van der Waals surface area (Å²) < 4.78 is 0. The number of rotatable bonds is 3. The molecule has 1 aliphatic rings. The lowest BCUT2D eigenvalue weighted by atomic mass is 10.2. The van der Waals surface area contributed by atoms with Crippen LogP contribution in [0.4, 0.5) is 0 Å². The van der Waals surface area contributed by atoms with Crippen LogP contribution in [0.2, 0.25) is 10.0 Å². The van der Waals surface area contributed by atoms with E-state index in [2.05, 4.69) is 0 Å². The molecular weight excluding hydrogens is 285 g/mol. The number of carbonyl (C=O) groups excluding carboxylic acids is 1. The third kappa shape index (κ3) is 3.50. The van der Waals surface area contributed by atoms with Gasteiger partial charge in [-0.3, -0.25) is 4.79 Å². The van der Waals surface area contributed by atoms with Crippen molar-refractivity contribution in [2.75, 3.05) is 13.2 Å². The number of carbonyl (C=O) groups is 1. The van der Waals surface area contributed by atoms with Crippen molar-refractivity contribution in [1.82, 2.24) is 4.90 Å². The van der Waals surface area contributed by atoms with Gasteiger partial charge < -0.3 is 10.0 Å². The van der Waals surface area contributed by atoms with Crippen LogP contribution in [0.15, 0.2) is 24.3 Å². The van der Waals surface area contributed by atoms with Crippen molar-refractivity contribution in [3.05, 3.63) is 39.9 Å². The number of hydrogen-bond donors (Lipinski definition) is 1. The third-order valence-electron chi connectivity index (χ3n) is 3.23. The fraction of sp³-hybridized carbons (Fsp3) is 0.357. The first kappa shape index (κ1) is 14.4.